The van der Waals surface area contributed by atoms with Crippen LogP contribution in [0.3, 0.4) is 0 Å². The highest BCUT2D eigenvalue weighted by atomic mass is 32.1. The van der Waals surface area contributed by atoms with Gasteiger partial charge >= 0.3 is 0 Å². The normalized spacial score (nSPS) is 11.1. The van der Waals surface area contributed by atoms with Crippen molar-refractivity contribution < 1.29 is 4.79 Å². The van der Waals surface area contributed by atoms with Gasteiger partial charge in [-0.15, -0.1) is 0 Å². The van der Waals surface area contributed by atoms with Gasteiger partial charge in [-0.05, 0) is 55.7 Å². The molecule has 0 atom stereocenters. The van der Waals surface area contributed by atoms with Crippen LogP contribution in [0.4, 0.5) is 5.13 Å². The Morgan fingerprint density at radius 3 is 2.46 bits per heavy atom. The second kappa shape index (κ2) is 7.20. The summed E-state index contributed by atoms with van der Waals surface area (Å²) in [6, 6.07) is 16.0. The molecular weight excluding hydrogens is 368 g/mol. The Morgan fingerprint density at radius 2 is 1.79 bits per heavy atom. The molecule has 0 fully saturated rings. The van der Waals surface area contributed by atoms with E-state index in [2.05, 4.69) is 31.1 Å². The predicted octanol–water partition coefficient (Wildman–Crippen LogP) is 4.80. The molecule has 0 aliphatic carbocycles. The van der Waals surface area contributed by atoms with E-state index < -0.39 is 0 Å². The summed E-state index contributed by atoms with van der Waals surface area (Å²) >= 11 is 1.54. The quantitative estimate of drug-likeness (QED) is 0.503. The standard InChI is InChI=1S/C22H22N4OS/c1-14-10-18-20(11-15(14)2)28-22(23-18)26(13-17-8-6-5-7-9-17)21(27)19-12-16(3)25(4)24-19/h5-12H,13H2,1-4H3. The first-order valence-electron chi connectivity index (χ1n) is 9.16. The summed E-state index contributed by atoms with van der Waals surface area (Å²) in [5.74, 6) is -0.139. The molecule has 1 amide bonds. The van der Waals surface area contributed by atoms with Crippen LogP contribution in [-0.4, -0.2) is 20.7 Å². The minimum Gasteiger partial charge on any atom is -0.278 e. The minimum atomic E-state index is -0.139. The summed E-state index contributed by atoms with van der Waals surface area (Å²) < 4.78 is 2.81. The van der Waals surface area contributed by atoms with Gasteiger partial charge in [0.05, 0.1) is 16.8 Å². The third-order valence-electron chi connectivity index (χ3n) is 4.99. The van der Waals surface area contributed by atoms with Gasteiger partial charge in [-0.3, -0.25) is 14.4 Å². The Labute approximate surface area is 168 Å². The molecule has 0 spiro atoms. The number of hydrogen-bond acceptors (Lipinski definition) is 4. The molecule has 0 unspecified atom stereocenters. The van der Waals surface area contributed by atoms with Gasteiger partial charge in [0.25, 0.3) is 5.91 Å². The van der Waals surface area contributed by atoms with Crippen LogP contribution in [0.2, 0.25) is 0 Å². The fourth-order valence-corrected chi connectivity index (χ4v) is 4.12. The molecule has 0 radical (unpaired) electrons. The molecule has 4 aromatic rings. The Bertz CT molecular complexity index is 1100. The van der Waals surface area contributed by atoms with Crippen LogP contribution in [0.25, 0.3) is 10.2 Å². The highest BCUT2D eigenvalue weighted by molar-refractivity contribution is 7.22. The van der Waals surface area contributed by atoms with Gasteiger partial charge in [0.2, 0.25) is 0 Å². The van der Waals surface area contributed by atoms with E-state index in [1.54, 1.807) is 20.9 Å². The predicted molar refractivity (Wildman–Crippen MR) is 114 cm³/mol. The second-order valence-electron chi connectivity index (χ2n) is 7.07. The third kappa shape index (κ3) is 3.43. The maximum Gasteiger partial charge on any atom is 0.280 e. The summed E-state index contributed by atoms with van der Waals surface area (Å²) in [5.41, 5.74) is 5.78. The summed E-state index contributed by atoms with van der Waals surface area (Å²) in [6.07, 6.45) is 0. The molecule has 2 heterocycles. The monoisotopic (exact) mass is 390 g/mol. The molecule has 28 heavy (non-hydrogen) atoms. The lowest BCUT2D eigenvalue weighted by molar-refractivity contribution is 0.0979. The maximum atomic E-state index is 13.3. The smallest absolute Gasteiger partial charge is 0.278 e. The molecule has 4 rings (SSSR count). The summed E-state index contributed by atoms with van der Waals surface area (Å²) in [7, 11) is 1.84. The summed E-state index contributed by atoms with van der Waals surface area (Å²) in [5, 5.41) is 5.07. The number of nitrogens with zero attached hydrogens (tertiary/aromatic N) is 4. The van der Waals surface area contributed by atoms with Crippen LogP contribution in [-0.2, 0) is 13.6 Å². The van der Waals surface area contributed by atoms with E-state index in [0.29, 0.717) is 17.4 Å². The molecule has 0 bridgehead atoms. The number of carbonyl (C=O) groups excluding carboxylic acids is 1. The topological polar surface area (TPSA) is 51.0 Å². The lowest BCUT2D eigenvalue weighted by atomic mass is 10.1. The van der Waals surface area contributed by atoms with Gasteiger partial charge in [0, 0.05) is 12.7 Å². The van der Waals surface area contributed by atoms with Crippen molar-refractivity contribution in [3.05, 3.63) is 76.6 Å². The van der Waals surface area contributed by atoms with E-state index in [1.165, 1.54) is 11.1 Å². The molecule has 0 N–H and O–H groups in total. The summed E-state index contributed by atoms with van der Waals surface area (Å²) in [6.45, 7) is 6.57. The van der Waals surface area contributed by atoms with Crippen molar-refractivity contribution >= 4 is 32.6 Å². The Balaban J connectivity index is 1.79. The van der Waals surface area contributed by atoms with Gasteiger partial charge in [-0.25, -0.2) is 4.98 Å². The van der Waals surface area contributed by atoms with Gasteiger partial charge in [0.1, 0.15) is 0 Å². The molecule has 0 aliphatic rings. The molecule has 6 heteroatoms. The van der Waals surface area contributed by atoms with E-state index in [-0.39, 0.29) is 5.91 Å². The minimum absolute atomic E-state index is 0.139. The third-order valence-corrected chi connectivity index (χ3v) is 6.03. The number of aromatic nitrogens is 3. The first-order chi connectivity index (χ1) is 13.4. The van der Waals surface area contributed by atoms with Crippen LogP contribution >= 0.6 is 11.3 Å². The first-order valence-corrected chi connectivity index (χ1v) is 9.98. The maximum absolute atomic E-state index is 13.3. The van der Waals surface area contributed by atoms with Gasteiger partial charge in [-0.1, -0.05) is 41.7 Å². The zero-order valence-electron chi connectivity index (χ0n) is 16.4. The van der Waals surface area contributed by atoms with Crippen molar-refractivity contribution in [2.45, 2.75) is 27.3 Å². The number of thiazole rings is 1. The molecule has 0 aliphatic heterocycles. The Morgan fingerprint density at radius 1 is 1.07 bits per heavy atom. The fraction of sp³-hybridized carbons (Fsp3) is 0.227. The van der Waals surface area contributed by atoms with Crippen LogP contribution in [0, 0.1) is 20.8 Å². The van der Waals surface area contributed by atoms with E-state index in [9.17, 15) is 4.79 Å². The van der Waals surface area contributed by atoms with Gasteiger partial charge < -0.3 is 0 Å². The van der Waals surface area contributed by atoms with Crippen LogP contribution in [0.1, 0.15) is 32.9 Å². The van der Waals surface area contributed by atoms with E-state index in [0.717, 1.165) is 21.5 Å². The highest BCUT2D eigenvalue weighted by Crippen LogP contribution is 2.32. The Kier molecular flexibility index (Phi) is 4.73. The van der Waals surface area contributed by atoms with Gasteiger partial charge in [0.15, 0.2) is 10.8 Å². The molecule has 142 valence electrons. The van der Waals surface area contributed by atoms with Crippen molar-refractivity contribution in [2.75, 3.05) is 4.90 Å². The zero-order valence-corrected chi connectivity index (χ0v) is 17.2. The first kappa shape index (κ1) is 18.4. The van der Waals surface area contributed by atoms with E-state index >= 15 is 0 Å². The number of anilines is 1. The Hall–Kier alpha value is -2.99. The molecule has 0 saturated heterocycles. The zero-order chi connectivity index (χ0) is 19.8. The number of fused-ring (bicyclic) bond motifs is 1. The molecule has 0 saturated carbocycles. The average molecular weight is 391 g/mol. The van der Waals surface area contributed by atoms with Crippen molar-refractivity contribution in [2.24, 2.45) is 7.05 Å². The lowest BCUT2D eigenvalue weighted by Gasteiger charge is -2.19. The molecule has 5 nitrogen and oxygen atoms in total. The van der Waals surface area contributed by atoms with Crippen molar-refractivity contribution in [3.63, 3.8) is 0 Å². The molecule has 2 aromatic heterocycles. The second-order valence-corrected chi connectivity index (χ2v) is 8.08. The summed E-state index contributed by atoms with van der Waals surface area (Å²) in [4.78, 5) is 19.8. The van der Waals surface area contributed by atoms with E-state index in [4.69, 9.17) is 4.98 Å². The van der Waals surface area contributed by atoms with Crippen molar-refractivity contribution in [1.82, 2.24) is 14.8 Å². The SMILES string of the molecule is Cc1cc2nc(N(Cc3ccccc3)C(=O)c3cc(C)n(C)n3)sc2cc1C. The number of hydrogen-bond donors (Lipinski definition) is 0. The van der Waals surface area contributed by atoms with Crippen molar-refractivity contribution in [1.29, 1.82) is 0 Å². The lowest BCUT2D eigenvalue weighted by Crippen LogP contribution is -2.30. The fourth-order valence-electron chi connectivity index (χ4n) is 3.08. The van der Waals surface area contributed by atoms with Crippen LogP contribution in [0.5, 0.6) is 0 Å². The number of carbonyl (C=O) groups is 1. The van der Waals surface area contributed by atoms with Crippen LogP contribution < -0.4 is 4.90 Å². The highest BCUT2D eigenvalue weighted by Gasteiger charge is 2.24. The number of amides is 1. The molecule has 2 aromatic carbocycles. The largest absolute Gasteiger partial charge is 0.280 e. The van der Waals surface area contributed by atoms with Gasteiger partial charge in [-0.2, -0.15) is 5.10 Å². The van der Waals surface area contributed by atoms with Crippen LogP contribution in [0.15, 0.2) is 48.5 Å². The van der Waals surface area contributed by atoms with Crippen molar-refractivity contribution in [3.8, 4) is 0 Å². The average Bonchev–Trinajstić information content (AvgIpc) is 3.23. The van der Waals surface area contributed by atoms with E-state index in [1.807, 2.05) is 50.4 Å². The number of aryl methyl sites for hydroxylation is 4. The number of benzene rings is 2. The number of rotatable bonds is 4. The molecular formula is C22H22N4OS.